The molecule has 0 aromatic heterocycles. The molecular weight excluding hydrogens is 504 g/mol. The average molecular weight is 547 g/mol. The summed E-state index contributed by atoms with van der Waals surface area (Å²) >= 11 is 0. The number of esters is 1. The molecule has 0 heterocycles. The van der Waals surface area contributed by atoms with Crippen LogP contribution < -0.4 is 0 Å². The number of hydrogen-bond donors (Lipinski definition) is 2. The van der Waals surface area contributed by atoms with Crippen molar-refractivity contribution in [1.29, 1.82) is 0 Å². The third-order valence-electron chi connectivity index (χ3n) is 6.69. The van der Waals surface area contributed by atoms with Crippen LogP contribution in [0.1, 0.15) is 90.4 Å². The Morgan fingerprint density at radius 1 is 0.895 bits per heavy atom. The Balaban J connectivity index is 2.36. The van der Waals surface area contributed by atoms with Crippen LogP contribution in [0.2, 0.25) is 0 Å². The first-order chi connectivity index (χ1) is 18.1. The number of Topliss-reactive ketones (excluding diaryl/α,β-unsaturated/α-hetero) is 1. The van der Waals surface area contributed by atoms with Gasteiger partial charge in [0.1, 0.15) is 25.1 Å². The number of carbonyl (C=O) groups is 2. The van der Waals surface area contributed by atoms with E-state index in [1.54, 1.807) is 0 Å². The molecule has 13 nitrogen and oxygen atoms in total. The number of carbonyl (C=O) groups excluding carboxylic acids is 2. The quantitative estimate of drug-likeness (QED) is 0.0664. The van der Waals surface area contributed by atoms with Crippen LogP contribution in [0.3, 0.4) is 0 Å². The molecule has 1 aliphatic rings. The second-order valence-corrected chi connectivity index (χ2v) is 9.69. The zero-order valence-electron chi connectivity index (χ0n) is 22.1. The highest BCUT2D eigenvalue weighted by Gasteiger charge is 2.40. The second kappa shape index (κ2) is 19.3. The lowest BCUT2D eigenvalue weighted by atomic mass is 9.86. The molecule has 218 valence electrons. The molecule has 0 aromatic rings. The van der Waals surface area contributed by atoms with Crippen LogP contribution in [0.25, 0.3) is 0 Å². The lowest BCUT2D eigenvalue weighted by Crippen LogP contribution is -2.30. The van der Waals surface area contributed by atoms with E-state index in [9.17, 15) is 40.0 Å². The number of aliphatic hydroxyl groups is 2. The number of ketones is 1. The topological polar surface area (TPSA) is 189 Å². The van der Waals surface area contributed by atoms with Crippen LogP contribution in [0.5, 0.6) is 0 Å². The molecule has 13 heteroatoms. The maximum absolute atomic E-state index is 12.2. The highest BCUT2D eigenvalue weighted by molar-refractivity contribution is 5.78. The molecule has 0 unspecified atom stereocenters. The van der Waals surface area contributed by atoms with E-state index >= 15 is 0 Å². The maximum Gasteiger partial charge on any atom is 0.306 e. The van der Waals surface area contributed by atoms with E-state index < -0.39 is 47.7 Å². The van der Waals surface area contributed by atoms with Crippen molar-refractivity contribution in [2.45, 2.75) is 109 Å². The molecule has 1 aliphatic carbocycles. The van der Waals surface area contributed by atoms with Crippen molar-refractivity contribution < 1.29 is 44.4 Å². The van der Waals surface area contributed by atoms with Crippen molar-refractivity contribution in [3.8, 4) is 0 Å². The largest absolute Gasteiger partial charge is 0.458 e. The molecule has 0 aromatic carbocycles. The van der Waals surface area contributed by atoms with Crippen LogP contribution in [0.4, 0.5) is 0 Å². The number of unbranched alkanes of at least 4 members (excludes halogenated alkanes) is 5. The zero-order chi connectivity index (χ0) is 28.3. The van der Waals surface area contributed by atoms with E-state index in [1.165, 1.54) is 6.42 Å². The molecule has 38 heavy (non-hydrogen) atoms. The standard InChI is InChI=1S/C25H42N2O11/c1-2-3-4-5-8-11-19(28)14-15-22-21(23(29)16-24(22)30)12-9-6-7-10-13-25(31)38-20(17-36-26(32)33)18-37-27(34)35/h6,9,20-24,29-30H,2-5,7-8,10-18H2,1H3/t21-,22-,23+,24-/m1/s1. The van der Waals surface area contributed by atoms with Gasteiger partial charge < -0.3 is 24.6 Å². The van der Waals surface area contributed by atoms with Crippen LogP contribution >= 0.6 is 0 Å². The van der Waals surface area contributed by atoms with E-state index in [2.05, 4.69) is 16.6 Å². The van der Waals surface area contributed by atoms with Gasteiger partial charge in [-0.25, -0.2) is 0 Å². The summed E-state index contributed by atoms with van der Waals surface area (Å²) in [6, 6.07) is 0. The molecule has 1 fully saturated rings. The second-order valence-electron chi connectivity index (χ2n) is 9.69. The van der Waals surface area contributed by atoms with E-state index in [0.29, 0.717) is 44.9 Å². The summed E-state index contributed by atoms with van der Waals surface area (Å²) in [5.41, 5.74) is 0. The molecule has 4 atom stereocenters. The Morgan fingerprint density at radius 3 is 2.16 bits per heavy atom. The van der Waals surface area contributed by atoms with Crippen molar-refractivity contribution in [3.63, 3.8) is 0 Å². The van der Waals surface area contributed by atoms with E-state index in [1.807, 2.05) is 12.2 Å². The Morgan fingerprint density at radius 2 is 1.53 bits per heavy atom. The van der Waals surface area contributed by atoms with Crippen molar-refractivity contribution >= 4 is 11.8 Å². The van der Waals surface area contributed by atoms with Crippen LogP contribution in [-0.2, 0) is 24.0 Å². The van der Waals surface area contributed by atoms with E-state index in [0.717, 1.165) is 25.7 Å². The maximum atomic E-state index is 12.2. The monoisotopic (exact) mass is 546 g/mol. The summed E-state index contributed by atoms with van der Waals surface area (Å²) in [4.78, 5) is 53.0. The first kappa shape index (κ1) is 33.2. The Labute approximate surface area is 222 Å². The van der Waals surface area contributed by atoms with Gasteiger partial charge in [-0.1, -0.05) is 44.8 Å². The molecule has 0 radical (unpaired) electrons. The molecule has 0 saturated heterocycles. The van der Waals surface area contributed by atoms with Gasteiger partial charge >= 0.3 is 5.97 Å². The van der Waals surface area contributed by atoms with Crippen molar-refractivity contribution in [2.24, 2.45) is 11.8 Å². The van der Waals surface area contributed by atoms with E-state index in [4.69, 9.17) is 4.74 Å². The number of nitrogens with zero attached hydrogens (tertiary/aromatic N) is 2. The van der Waals surface area contributed by atoms with E-state index in [-0.39, 0.29) is 24.0 Å². The van der Waals surface area contributed by atoms with Gasteiger partial charge in [-0.2, -0.15) is 0 Å². The minimum atomic E-state index is -1.30. The number of aliphatic hydroxyl groups excluding tert-OH is 2. The first-order valence-corrected chi connectivity index (χ1v) is 13.4. The van der Waals surface area contributed by atoms with Gasteiger partial charge in [-0.15, -0.1) is 20.2 Å². The summed E-state index contributed by atoms with van der Waals surface area (Å²) in [6.45, 7) is 0.773. The summed E-state index contributed by atoms with van der Waals surface area (Å²) in [6.07, 6.45) is 9.86. The summed E-state index contributed by atoms with van der Waals surface area (Å²) in [5, 5.41) is 39.2. The molecule has 1 saturated carbocycles. The van der Waals surface area contributed by atoms with Gasteiger partial charge in [0.2, 0.25) is 0 Å². The highest BCUT2D eigenvalue weighted by atomic mass is 17.0. The average Bonchev–Trinajstić information content (AvgIpc) is 3.12. The van der Waals surface area contributed by atoms with Gasteiger partial charge in [0.15, 0.2) is 0 Å². The van der Waals surface area contributed by atoms with Gasteiger partial charge in [0.05, 0.1) is 12.2 Å². The van der Waals surface area contributed by atoms with Gasteiger partial charge in [0.25, 0.3) is 10.2 Å². The van der Waals surface area contributed by atoms with Crippen LogP contribution in [0, 0.1) is 32.1 Å². The third kappa shape index (κ3) is 14.8. The summed E-state index contributed by atoms with van der Waals surface area (Å²) in [7, 11) is 0. The molecule has 0 spiro atoms. The molecule has 0 amide bonds. The summed E-state index contributed by atoms with van der Waals surface area (Å²) in [5.74, 6) is -0.791. The Kier molecular flexibility index (Phi) is 16.9. The number of ether oxygens (including phenoxy) is 1. The number of hydrogen-bond acceptors (Lipinski definition) is 11. The van der Waals surface area contributed by atoms with Crippen molar-refractivity contribution in [1.82, 2.24) is 0 Å². The fourth-order valence-corrected chi connectivity index (χ4v) is 4.67. The van der Waals surface area contributed by atoms with Crippen molar-refractivity contribution in [3.05, 3.63) is 32.4 Å². The fraction of sp³-hybridized carbons (Fsp3) is 0.840. The molecule has 0 aliphatic heterocycles. The number of allylic oxidation sites excluding steroid dienone is 2. The molecule has 1 rings (SSSR count). The SMILES string of the molecule is CCCCCCCC(=O)CC[C@@H]1[C@@H](CC=CCCCC(=O)OC(CO[N+](=O)[O-])CO[N+](=O)[O-])[C@@H](O)C[C@H]1O. The van der Waals surface area contributed by atoms with Gasteiger partial charge in [-0.3, -0.25) is 9.59 Å². The van der Waals surface area contributed by atoms with Crippen LogP contribution in [-0.4, -0.2) is 63.7 Å². The van der Waals surface area contributed by atoms with Gasteiger partial charge in [0, 0.05) is 19.3 Å². The fourth-order valence-electron chi connectivity index (χ4n) is 4.67. The number of rotatable bonds is 22. The molecule has 2 N–H and O–H groups in total. The lowest BCUT2D eigenvalue weighted by Gasteiger charge is -2.22. The molecular formula is C25H42N2O11. The predicted molar refractivity (Wildman–Crippen MR) is 135 cm³/mol. The van der Waals surface area contributed by atoms with Gasteiger partial charge in [-0.05, 0) is 50.4 Å². The Bertz CT molecular complexity index is 744. The minimum Gasteiger partial charge on any atom is -0.458 e. The molecule has 0 bridgehead atoms. The Hall–Kier alpha value is -2.80. The third-order valence-corrected chi connectivity index (χ3v) is 6.69. The lowest BCUT2D eigenvalue weighted by molar-refractivity contribution is -0.768. The van der Waals surface area contributed by atoms with Crippen LogP contribution in [0.15, 0.2) is 12.2 Å². The highest BCUT2D eigenvalue weighted by Crippen LogP contribution is 2.38. The smallest absolute Gasteiger partial charge is 0.306 e. The predicted octanol–water partition coefficient (Wildman–Crippen LogP) is 3.50. The normalized spacial score (nSPS) is 21.1. The summed E-state index contributed by atoms with van der Waals surface area (Å²) < 4.78 is 4.96. The first-order valence-electron chi connectivity index (χ1n) is 13.4. The minimum absolute atomic E-state index is 0.0221. The zero-order valence-corrected chi connectivity index (χ0v) is 22.1. The van der Waals surface area contributed by atoms with Crippen molar-refractivity contribution in [2.75, 3.05) is 13.2 Å².